The molecule has 2 aliphatic rings. The third-order valence-corrected chi connectivity index (χ3v) is 6.39. The summed E-state index contributed by atoms with van der Waals surface area (Å²) in [6, 6.07) is 7.33. The number of benzene rings is 1. The van der Waals surface area contributed by atoms with Crippen LogP contribution in [0.15, 0.2) is 29.2 Å². The molecule has 4 N–H and O–H groups in total. The zero-order chi connectivity index (χ0) is 21.7. The molecule has 2 aliphatic carbocycles. The van der Waals surface area contributed by atoms with Crippen molar-refractivity contribution in [2.45, 2.75) is 50.0 Å². The minimum absolute atomic E-state index is 0.464. The number of amides is 2. The van der Waals surface area contributed by atoms with Gasteiger partial charge in [-0.3, -0.25) is 4.98 Å². The van der Waals surface area contributed by atoms with E-state index >= 15 is 0 Å². The van der Waals surface area contributed by atoms with Crippen LogP contribution < -0.4 is 15.8 Å². The molecule has 30 heavy (non-hydrogen) atoms. The number of hydrogen-bond acceptors (Lipinski definition) is 4. The number of hydrogen-bond donors (Lipinski definition) is 3. The average molecular weight is 430 g/mol. The highest BCUT2D eigenvalue weighted by atomic mass is 32.2. The number of urea groups is 1. The van der Waals surface area contributed by atoms with E-state index in [-0.39, 0.29) is 0 Å². The maximum Gasteiger partial charge on any atom is 0.316 e. The van der Waals surface area contributed by atoms with Crippen LogP contribution in [-0.2, 0) is 43.2 Å². The van der Waals surface area contributed by atoms with Gasteiger partial charge in [0.05, 0.1) is 10.6 Å². The number of primary amides is 1. The number of fused-ring (bicyclic) bond motifs is 2. The molecular formula is C22H31N5O2S. The van der Waals surface area contributed by atoms with Gasteiger partial charge in [-0.1, -0.05) is 12.1 Å². The van der Waals surface area contributed by atoms with Crippen LogP contribution in [0.3, 0.4) is 0 Å². The topological polar surface area (TPSA) is 100 Å². The van der Waals surface area contributed by atoms with Gasteiger partial charge in [0.2, 0.25) is 0 Å². The van der Waals surface area contributed by atoms with Crippen LogP contribution in [0.5, 0.6) is 0 Å². The van der Waals surface area contributed by atoms with Crippen molar-refractivity contribution in [1.29, 1.82) is 0 Å². The van der Waals surface area contributed by atoms with Gasteiger partial charge in [-0.2, -0.15) is 0 Å². The molecule has 0 bridgehead atoms. The van der Waals surface area contributed by atoms with Crippen LogP contribution in [0, 0.1) is 0 Å². The minimum Gasteiger partial charge on any atom is -0.351 e. The van der Waals surface area contributed by atoms with E-state index < -0.39 is 17.0 Å². The molecule has 2 aromatic rings. The second-order valence-electron chi connectivity index (χ2n) is 7.89. The Hall–Kier alpha value is -2.29. The van der Waals surface area contributed by atoms with Crippen molar-refractivity contribution in [1.82, 2.24) is 14.6 Å². The molecule has 1 unspecified atom stereocenters. The molecule has 2 amide bonds. The van der Waals surface area contributed by atoms with Gasteiger partial charge in [0.1, 0.15) is 11.0 Å². The van der Waals surface area contributed by atoms with Gasteiger partial charge in [-0.25, -0.2) is 13.7 Å². The largest absolute Gasteiger partial charge is 0.351 e. The predicted octanol–water partition coefficient (Wildman–Crippen LogP) is 2.54. The zero-order valence-corrected chi connectivity index (χ0v) is 18.8. The number of pyridine rings is 1. The summed E-state index contributed by atoms with van der Waals surface area (Å²) in [6.45, 7) is 0.909. The number of nitrogens with one attached hydrogen (secondary N) is 2. The van der Waals surface area contributed by atoms with Crippen molar-refractivity contribution in [3.8, 4) is 0 Å². The third kappa shape index (κ3) is 5.44. The van der Waals surface area contributed by atoms with Gasteiger partial charge >= 0.3 is 6.03 Å². The molecule has 1 atom stereocenters. The predicted molar refractivity (Wildman–Crippen MR) is 121 cm³/mol. The summed E-state index contributed by atoms with van der Waals surface area (Å²) in [5, 5.41) is 2.80. The van der Waals surface area contributed by atoms with Gasteiger partial charge in [-0.05, 0) is 88.5 Å². The highest BCUT2D eigenvalue weighted by molar-refractivity contribution is 7.83. The summed E-state index contributed by atoms with van der Waals surface area (Å²) < 4.78 is 14.0. The summed E-state index contributed by atoms with van der Waals surface area (Å²) >= 11 is 0. The Morgan fingerprint density at radius 3 is 2.10 bits per heavy atom. The molecule has 0 spiro atoms. The molecule has 8 heteroatoms. The van der Waals surface area contributed by atoms with Gasteiger partial charge < -0.3 is 16.0 Å². The highest BCUT2D eigenvalue weighted by Gasteiger charge is 2.25. The molecule has 1 aromatic carbocycles. The van der Waals surface area contributed by atoms with Crippen molar-refractivity contribution in [2.24, 2.45) is 5.73 Å². The molecular weight excluding hydrogens is 398 g/mol. The Morgan fingerprint density at radius 1 is 1.07 bits per heavy atom. The lowest BCUT2D eigenvalue weighted by Gasteiger charge is -2.13. The van der Waals surface area contributed by atoms with Crippen LogP contribution >= 0.6 is 0 Å². The quantitative estimate of drug-likeness (QED) is 0.680. The molecule has 4 rings (SSSR count). The second kappa shape index (κ2) is 10.1. The Morgan fingerprint density at radius 2 is 1.63 bits per heavy atom. The Labute approximate surface area is 181 Å². The molecule has 7 nitrogen and oxygen atoms in total. The number of nitrogens with two attached hydrogens (primary N) is 1. The second-order valence-corrected chi connectivity index (χ2v) is 9.31. The van der Waals surface area contributed by atoms with E-state index in [1.54, 1.807) is 7.05 Å². The monoisotopic (exact) mass is 429 g/mol. The van der Waals surface area contributed by atoms with Crippen molar-refractivity contribution in [2.75, 3.05) is 26.5 Å². The molecule has 0 fully saturated rings. The van der Waals surface area contributed by atoms with Crippen LogP contribution in [-0.4, -0.2) is 41.3 Å². The van der Waals surface area contributed by atoms with Crippen LogP contribution in [0.4, 0.5) is 10.5 Å². The standard InChI is InChI=1S/C12H15N3O.C10H16N2OS/c13-12(16)15-11-7-3-1-5-9(7)14-10-6-2-4-8(10)11;1-11-14(13)10-6-4-9(5-7-10)8-12(2)3/h1-6H2,(H3,13,14,15,16);4-7,11H,8H2,1-3H3. The number of anilines is 1. The first kappa shape index (κ1) is 22.4. The lowest BCUT2D eigenvalue weighted by Crippen LogP contribution is -2.21. The summed E-state index contributed by atoms with van der Waals surface area (Å²) in [6.07, 6.45) is 6.39. The Bertz CT molecular complexity index is 896. The molecule has 1 aromatic heterocycles. The molecule has 0 saturated carbocycles. The molecule has 0 saturated heterocycles. The van der Waals surface area contributed by atoms with Gasteiger partial charge in [0, 0.05) is 17.9 Å². The van der Waals surface area contributed by atoms with E-state index in [0.717, 1.165) is 55.7 Å². The first-order valence-electron chi connectivity index (χ1n) is 10.3. The molecule has 0 radical (unpaired) electrons. The fourth-order valence-corrected chi connectivity index (χ4v) is 4.68. The number of aromatic nitrogens is 1. The van der Waals surface area contributed by atoms with E-state index in [1.165, 1.54) is 28.1 Å². The van der Waals surface area contributed by atoms with E-state index in [2.05, 4.69) is 14.9 Å². The van der Waals surface area contributed by atoms with E-state index in [9.17, 15) is 9.00 Å². The number of rotatable bonds is 5. The third-order valence-electron chi connectivity index (χ3n) is 5.32. The Balaban J connectivity index is 0.000000173. The van der Waals surface area contributed by atoms with Crippen molar-refractivity contribution < 1.29 is 9.00 Å². The maximum absolute atomic E-state index is 11.3. The fourth-order valence-electron chi connectivity index (χ4n) is 4.06. The lowest BCUT2D eigenvalue weighted by molar-refractivity contribution is 0.259. The van der Waals surface area contributed by atoms with Crippen molar-refractivity contribution in [3.05, 3.63) is 52.3 Å². The van der Waals surface area contributed by atoms with Crippen LogP contribution in [0.25, 0.3) is 0 Å². The van der Waals surface area contributed by atoms with E-state index in [1.807, 2.05) is 38.4 Å². The van der Waals surface area contributed by atoms with Gasteiger partial charge in [-0.15, -0.1) is 0 Å². The number of aryl methyl sites for hydroxylation is 2. The fraction of sp³-hybridized carbons (Fsp3) is 0.455. The minimum atomic E-state index is -1.07. The van der Waals surface area contributed by atoms with Crippen LogP contribution in [0.2, 0.25) is 0 Å². The number of nitrogens with zero attached hydrogens (tertiary/aromatic N) is 2. The first-order valence-corrected chi connectivity index (χ1v) is 11.5. The summed E-state index contributed by atoms with van der Waals surface area (Å²) in [4.78, 5) is 18.7. The molecule has 162 valence electrons. The zero-order valence-electron chi connectivity index (χ0n) is 18.0. The van der Waals surface area contributed by atoms with E-state index in [0.29, 0.717) is 0 Å². The highest BCUT2D eigenvalue weighted by Crippen LogP contribution is 2.36. The first-order chi connectivity index (χ1) is 14.4. The van der Waals surface area contributed by atoms with Crippen molar-refractivity contribution in [3.63, 3.8) is 0 Å². The molecule has 1 heterocycles. The van der Waals surface area contributed by atoms with Crippen molar-refractivity contribution >= 4 is 22.7 Å². The number of carbonyl (C=O) groups is 1. The van der Waals surface area contributed by atoms with Gasteiger partial charge in [0.15, 0.2) is 0 Å². The van der Waals surface area contributed by atoms with Crippen LogP contribution in [0.1, 0.15) is 40.9 Å². The summed E-state index contributed by atoms with van der Waals surface area (Å²) in [5.41, 5.74) is 12.2. The smallest absolute Gasteiger partial charge is 0.316 e. The van der Waals surface area contributed by atoms with E-state index in [4.69, 9.17) is 10.7 Å². The number of carbonyl (C=O) groups excluding carboxylic acids is 1. The average Bonchev–Trinajstić information content (AvgIpc) is 3.37. The Kier molecular flexibility index (Phi) is 7.58. The SMILES string of the molecule is CNS(=O)c1ccc(CN(C)C)cc1.NC(=O)Nc1c2c(nc3c1CCC3)CCC2. The normalized spacial score (nSPS) is 15.2. The summed E-state index contributed by atoms with van der Waals surface area (Å²) in [7, 11) is 4.66. The lowest BCUT2D eigenvalue weighted by atomic mass is 10.1. The maximum atomic E-state index is 11.3. The molecule has 0 aliphatic heterocycles. The summed E-state index contributed by atoms with van der Waals surface area (Å²) in [5.74, 6) is 0. The van der Waals surface area contributed by atoms with Gasteiger partial charge in [0.25, 0.3) is 0 Å².